The van der Waals surface area contributed by atoms with Crippen LogP contribution < -0.4 is 0 Å². The van der Waals surface area contributed by atoms with Crippen molar-refractivity contribution in [2.24, 2.45) is 0 Å². The summed E-state index contributed by atoms with van der Waals surface area (Å²) in [7, 11) is 0. The molecule has 0 aliphatic carbocycles. The van der Waals surface area contributed by atoms with E-state index in [0.29, 0.717) is 5.56 Å². The lowest BCUT2D eigenvalue weighted by atomic mass is 10.2. The van der Waals surface area contributed by atoms with Gasteiger partial charge in [0.25, 0.3) is 0 Å². The van der Waals surface area contributed by atoms with Gasteiger partial charge in [-0.25, -0.2) is 4.39 Å². The molecule has 0 heterocycles. The van der Waals surface area contributed by atoms with Crippen LogP contribution in [0.2, 0.25) is 0 Å². The van der Waals surface area contributed by atoms with Gasteiger partial charge in [-0.15, -0.1) is 0 Å². The van der Waals surface area contributed by atoms with Gasteiger partial charge in [0, 0.05) is 10.0 Å². The number of hydrogen-bond donors (Lipinski definition) is 0. The maximum atomic E-state index is 12.9. The van der Waals surface area contributed by atoms with E-state index in [1.807, 2.05) is 0 Å². The van der Waals surface area contributed by atoms with Crippen LogP contribution in [0.5, 0.6) is 0 Å². The molecule has 0 aliphatic heterocycles. The highest BCUT2D eigenvalue weighted by atomic mass is 79.9. The second-order valence-electron chi connectivity index (χ2n) is 1.96. The lowest BCUT2D eigenvalue weighted by Crippen LogP contribution is -1.79. The van der Waals surface area contributed by atoms with Crippen LogP contribution in [0.25, 0.3) is 6.08 Å². The Morgan fingerprint density at radius 1 is 1.36 bits per heavy atom. The first-order chi connectivity index (χ1) is 5.24. The predicted octanol–water partition coefficient (Wildman–Crippen LogP) is 3.95. The van der Waals surface area contributed by atoms with Gasteiger partial charge in [0.15, 0.2) is 0 Å². The Hall–Kier alpha value is -0.150. The summed E-state index contributed by atoms with van der Waals surface area (Å²) >= 11 is 6.25. The molecule has 58 valence electrons. The van der Waals surface area contributed by atoms with Gasteiger partial charge in [0.05, 0.1) is 0 Å². The largest absolute Gasteiger partial charge is 0.206 e. The minimum Gasteiger partial charge on any atom is -0.206 e. The molecule has 1 rings (SSSR count). The Labute approximate surface area is 81.4 Å². The van der Waals surface area contributed by atoms with Crippen LogP contribution in [0, 0.1) is 5.82 Å². The SMILES string of the molecule is Fc1cc(Br)ccc1/C=C/Br. The number of rotatable bonds is 1. The smallest absolute Gasteiger partial charge is 0.131 e. The van der Waals surface area contributed by atoms with E-state index in [0.717, 1.165) is 4.47 Å². The molecular formula is C8H5Br2F. The first-order valence-electron chi connectivity index (χ1n) is 2.96. The van der Waals surface area contributed by atoms with Crippen LogP contribution in [-0.2, 0) is 0 Å². The summed E-state index contributed by atoms with van der Waals surface area (Å²) in [6.07, 6.45) is 1.65. The average Bonchev–Trinajstić information content (AvgIpc) is 1.95. The first-order valence-corrected chi connectivity index (χ1v) is 4.66. The molecule has 0 radical (unpaired) electrons. The highest BCUT2D eigenvalue weighted by molar-refractivity contribution is 9.11. The quantitative estimate of drug-likeness (QED) is 0.730. The van der Waals surface area contributed by atoms with Gasteiger partial charge >= 0.3 is 0 Å². The van der Waals surface area contributed by atoms with Crippen LogP contribution in [0.3, 0.4) is 0 Å². The van der Waals surface area contributed by atoms with Crippen molar-refractivity contribution >= 4 is 37.9 Å². The normalized spacial score (nSPS) is 10.8. The van der Waals surface area contributed by atoms with Crippen molar-refractivity contribution in [1.29, 1.82) is 0 Å². The summed E-state index contributed by atoms with van der Waals surface area (Å²) in [5, 5.41) is 0. The standard InChI is InChI=1S/C8H5Br2F/c9-4-3-6-1-2-7(10)5-8(6)11/h1-5H/b4-3+. The lowest BCUT2D eigenvalue weighted by molar-refractivity contribution is 0.624. The van der Waals surface area contributed by atoms with E-state index in [1.54, 1.807) is 23.2 Å². The third kappa shape index (κ3) is 2.42. The summed E-state index contributed by atoms with van der Waals surface area (Å²) in [5.74, 6) is -0.227. The topological polar surface area (TPSA) is 0 Å². The molecular weight excluding hydrogens is 275 g/mol. The van der Waals surface area contributed by atoms with E-state index in [-0.39, 0.29) is 5.82 Å². The maximum Gasteiger partial charge on any atom is 0.131 e. The molecule has 1 aromatic carbocycles. The van der Waals surface area contributed by atoms with Crippen molar-refractivity contribution in [1.82, 2.24) is 0 Å². The second kappa shape index (κ2) is 4.02. The van der Waals surface area contributed by atoms with Crippen molar-refractivity contribution in [2.45, 2.75) is 0 Å². The highest BCUT2D eigenvalue weighted by Crippen LogP contribution is 2.16. The van der Waals surface area contributed by atoms with E-state index in [9.17, 15) is 4.39 Å². The Morgan fingerprint density at radius 3 is 2.64 bits per heavy atom. The third-order valence-electron chi connectivity index (χ3n) is 1.21. The van der Waals surface area contributed by atoms with E-state index in [2.05, 4.69) is 31.9 Å². The van der Waals surface area contributed by atoms with Gasteiger partial charge in [-0.2, -0.15) is 0 Å². The summed E-state index contributed by atoms with van der Waals surface area (Å²) in [6.45, 7) is 0. The van der Waals surface area contributed by atoms with Crippen LogP contribution in [-0.4, -0.2) is 0 Å². The summed E-state index contributed by atoms with van der Waals surface area (Å²) in [5.41, 5.74) is 0.574. The average molecular weight is 280 g/mol. The molecule has 0 saturated carbocycles. The van der Waals surface area contributed by atoms with Gasteiger partial charge < -0.3 is 0 Å². The highest BCUT2D eigenvalue weighted by Gasteiger charge is 1.97. The van der Waals surface area contributed by atoms with Gasteiger partial charge in [-0.3, -0.25) is 0 Å². The predicted molar refractivity (Wildman–Crippen MR) is 52.1 cm³/mol. The van der Waals surface area contributed by atoms with Gasteiger partial charge in [0.2, 0.25) is 0 Å². The zero-order valence-electron chi connectivity index (χ0n) is 5.52. The molecule has 1 aromatic rings. The van der Waals surface area contributed by atoms with E-state index < -0.39 is 0 Å². The van der Waals surface area contributed by atoms with Gasteiger partial charge in [-0.1, -0.05) is 37.9 Å². The molecule has 0 spiro atoms. The molecule has 3 heteroatoms. The Bertz CT molecular complexity index is 281. The first kappa shape index (κ1) is 8.94. The fourth-order valence-corrected chi connectivity index (χ4v) is 1.32. The van der Waals surface area contributed by atoms with Crippen LogP contribution in [0.1, 0.15) is 5.56 Å². The van der Waals surface area contributed by atoms with E-state index in [4.69, 9.17) is 0 Å². The van der Waals surface area contributed by atoms with Crippen molar-refractivity contribution in [3.8, 4) is 0 Å². The fraction of sp³-hybridized carbons (Fsp3) is 0. The Balaban J connectivity index is 3.09. The minimum atomic E-state index is -0.227. The van der Waals surface area contributed by atoms with Crippen molar-refractivity contribution in [3.63, 3.8) is 0 Å². The summed E-state index contributed by atoms with van der Waals surface area (Å²) in [4.78, 5) is 1.62. The maximum absolute atomic E-state index is 12.9. The zero-order chi connectivity index (χ0) is 8.27. The Kier molecular flexibility index (Phi) is 3.27. The fourth-order valence-electron chi connectivity index (χ4n) is 0.705. The molecule has 0 atom stereocenters. The molecule has 0 saturated heterocycles. The molecule has 0 unspecified atom stereocenters. The molecule has 0 N–H and O–H groups in total. The lowest BCUT2D eigenvalue weighted by Gasteiger charge is -1.95. The van der Waals surface area contributed by atoms with Crippen LogP contribution in [0.15, 0.2) is 27.7 Å². The number of hydrogen-bond acceptors (Lipinski definition) is 0. The zero-order valence-corrected chi connectivity index (χ0v) is 8.69. The minimum absolute atomic E-state index is 0.227. The molecule has 0 fully saturated rings. The summed E-state index contributed by atoms with van der Waals surface area (Å²) in [6, 6.07) is 4.94. The van der Waals surface area contributed by atoms with Crippen molar-refractivity contribution in [2.75, 3.05) is 0 Å². The number of halogens is 3. The number of benzene rings is 1. The van der Waals surface area contributed by atoms with Gasteiger partial charge in [-0.05, 0) is 23.2 Å². The van der Waals surface area contributed by atoms with Crippen molar-refractivity contribution in [3.05, 3.63) is 39.0 Å². The van der Waals surface area contributed by atoms with Crippen LogP contribution >= 0.6 is 31.9 Å². The van der Waals surface area contributed by atoms with Gasteiger partial charge in [0.1, 0.15) is 5.82 Å². The molecule has 0 amide bonds. The molecule has 0 aromatic heterocycles. The van der Waals surface area contributed by atoms with E-state index >= 15 is 0 Å². The molecule has 0 nitrogen and oxygen atoms in total. The second-order valence-corrected chi connectivity index (χ2v) is 3.40. The molecule has 0 bridgehead atoms. The van der Waals surface area contributed by atoms with Crippen LogP contribution in [0.4, 0.5) is 4.39 Å². The molecule has 11 heavy (non-hydrogen) atoms. The molecule has 0 aliphatic rings. The van der Waals surface area contributed by atoms with Crippen molar-refractivity contribution < 1.29 is 4.39 Å². The summed E-state index contributed by atoms with van der Waals surface area (Å²) < 4.78 is 13.7. The Morgan fingerprint density at radius 2 is 2.09 bits per heavy atom. The third-order valence-corrected chi connectivity index (χ3v) is 1.96. The monoisotopic (exact) mass is 278 g/mol. The van der Waals surface area contributed by atoms with E-state index in [1.165, 1.54) is 6.07 Å².